The van der Waals surface area contributed by atoms with E-state index in [2.05, 4.69) is 36.0 Å². The third-order valence-corrected chi connectivity index (χ3v) is 7.51. The van der Waals surface area contributed by atoms with E-state index in [0.29, 0.717) is 11.2 Å². The Balaban J connectivity index is 1.63. The first-order chi connectivity index (χ1) is 13.0. The van der Waals surface area contributed by atoms with Crippen molar-refractivity contribution in [2.75, 3.05) is 0 Å². The minimum atomic E-state index is 0.387. The standard InChI is InChI=1S/C20H24N6S/c1-5-20(2,3)12-6-7-13-15(10-12)27-19-16(13)18-22-17(24-26(18)11-21-19)14-8-9-25(4)23-14/h8-9,11-12H,5-7,10H2,1-4H3. The van der Waals surface area contributed by atoms with Gasteiger partial charge in [0.05, 0.1) is 5.39 Å². The molecular weight excluding hydrogens is 356 g/mol. The molecule has 4 heterocycles. The average molecular weight is 381 g/mol. The van der Waals surface area contributed by atoms with Crippen molar-refractivity contribution in [1.82, 2.24) is 29.4 Å². The highest BCUT2D eigenvalue weighted by Crippen LogP contribution is 2.44. The third-order valence-electron chi connectivity index (χ3n) is 6.35. The lowest BCUT2D eigenvalue weighted by molar-refractivity contribution is 0.184. The molecule has 0 fully saturated rings. The molecule has 0 amide bonds. The van der Waals surface area contributed by atoms with Crippen molar-refractivity contribution in [2.45, 2.75) is 46.5 Å². The maximum absolute atomic E-state index is 4.83. The van der Waals surface area contributed by atoms with Crippen LogP contribution in [-0.4, -0.2) is 29.4 Å². The first kappa shape index (κ1) is 16.9. The second-order valence-corrected chi connectivity index (χ2v) is 9.37. The van der Waals surface area contributed by atoms with Crippen LogP contribution >= 0.6 is 11.3 Å². The van der Waals surface area contributed by atoms with Crippen LogP contribution in [0.15, 0.2) is 18.6 Å². The minimum Gasteiger partial charge on any atom is -0.275 e. The van der Waals surface area contributed by atoms with E-state index in [1.54, 1.807) is 15.5 Å². The molecule has 4 aromatic heterocycles. The van der Waals surface area contributed by atoms with Crippen LogP contribution in [0.2, 0.25) is 0 Å². The van der Waals surface area contributed by atoms with E-state index >= 15 is 0 Å². The first-order valence-corrected chi connectivity index (χ1v) is 10.4. The highest BCUT2D eigenvalue weighted by atomic mass is 32.1. The van der Waals surface area contributed by atoms with Gasteiger partial charge in [0.25, 0.3) is 0 Å². The minimum absolute atomic E-state index is 0.387. The molecule has 0 bridgehead atoms. The Morgan fingerprint density at radius 2 is 2.15 bits per heavy atom. The van der Waals surface area contributed by atoms with E-state index in [-0.39, 0.29) is 0 Å². The first-order valence-electron chi connectivity index (χ1n) is 9.62. The topological polar surface area (TPSA) is 60.9 Å². The van der Waals surface area contributed by atoms with Gasteiger partial charge in [-0.2, -0.15) is 5.10 Å². The number of rotatable bonds is 3. The zero-order chi connectivity index (χ0) is 18.8. The number of nitrogens with zero attached hydrogens (tertiary/aromatic N) is 6. The summed E-state index contributed by atoms with van der Waals surface area (Å²) in [6.07, 6.45) is 8.42. The van der Waals surface area contributed by atoms with Gasteiger partial charge in [0, 0.05) is 18.1 Å². The second-order valence-electron chi connectivity index (χ2n) is 8.29. The Morgan fingerprint density at radius 3 is 2.89 bits per heavy atom. The summed E-state index contributed by atoms with van der Waals surface area (Å²) in [6, 6.07) is 1.94. The second kappa shape index (κ2) is 5.86. The molecule has 1 aliphatic carbocycles. The molecule has 1 atom stereocenters. The molecule has 0 spiro atoms. The van der Waals surface area contributed by atoms with Crippen molar-refractivity contribution in [3.63, 3.8) is 0 Å². The SMILES string of the molecule is CCC(C)(C)C1CCc2c(sc3ncn4nc(-c5ccn(C)n5)nc4c23)C1. The van der Waals surface area contributed by atoms with Crippen molar-refractivity contribution in [2.24, 2.45) is 18.4 Å². The molecule has 0 saturated heterocycles. The lowest BCUT2D eigenvalue weighted by atomic mass is 9.70. The van der Waals surface area contributed by atoms with E-state index in [1.165, 1.54) is 28.7 Å². The molecule has 1 aliphatic rings. The van der Waals surface area contributed by atoms with Gasteiger partial charge in [0.15, 0.2) is 5.65 Å². The summed E-state index contributed by atoms with van der Waals surface area (Å²) in [4.78, 5) is 12.1. The van der Waals surface area contributed by atoms with Gasteiger partial charge in [-0.1, -0.05) is 27.2 Å². The van der Waals surface area contributed by atoms with Gasteiger partial charge >= 0.3 is 0 Å². The zero-order valence-electron chi connectivity index (χ0n) is 16.2. The number of aryl methyl sites for hydroxylation is 2. The Morgan fingerprint density at radius 1 is 1.30 bits per heavy atom. The molecule has 0 saturated carbocycles. The molecule has 0 radical (unpaired) electrons. The summed E-state index contributed by atoms with van der Waals surface area (Å²) in [5.74, 6) is 1.40. The molecule has 0 aliphatic heterocycles. The van der Waals surface area contributed by atoms with Gasteiger partial charge in [0.2, 0.25) is 5.82 Å². The predicted octanol–water partition coefficient (Wildman–Crippen LogP) is 4.28. The normalized spacial score (nSPS) is 17.7. The van der Waals surface area contributed by atoms with E-state index in [0.717, 1.165) is 34.9 Å². The zero-order valence-corrected chi connectivity index (χ0v) is 17.0. The monoisotopic (exact) mass is 380 g/mol. The Kier molecular flexibility index (Phi) is 3.66. The van der Waals surface area contributed by atoms with Gasteiger partial charge in [-0.05, 0) is 42.2 Å². The largest absolute Gasteiger partial charge is 0.275 e. The van der Waals surface area contributed by atoms with Crippen LogP contribution in [0, 0.1) is 11.3 Å². The van der Waals surface area contributed by atoms with E-state index < -0.39 is 0 Å². The quantitative estimate of drug-likeness (QED) is 0.532. The Bertz CT molecular complexity index is 1150. The van der Waals surface area contributed by atoms with Gasteiger partial charge in [0.1, 0.15) is 16.9 Å². The molecule has 5 rings (SSSR count). The highest BCUT2D eigenvalue weighted by Gasteiger charge is 2.33. The fourth-order valence-electron chi connectivity index (χ4n) is 4.17. The van der Waals surface area contributed by atoms with Crippen molar-refractivity contribution in [3.8, 4) is 11.5 Å². The van der Waals surface area contributed by atoms with Crippen molar-refractivity contribution in [3.05, 3.63) is 29.0 Å². The number of hydrogen-bond donors (Lipinski definition) is 0. The summed E-state index contributed by atoms with van der Waals surface area (Å²) in [5, 5.41) is 10.2. The van der Waals surface area contributed by atoms with Gasteiger partial charge < -0.3 is 0 Å². The maximum Gasteiger partial charge on any atom is 0.202 e. The van der Waals surface area contributed by atoms with Crippen LogP contribution in [-0.2, 0) is 19.9 Å². The van der Waals surface area contributed by atoms with Gasteiger partial charge in [-0.15, -0.1) is 16.4 Å². The van der Waals surface area contributed by atoms with E-state index in [4.69, 9.17) is 4.98 Å². The smallest absolute Gasteiger partial charge is 0.202 e. The lowest BCUT2D eigenvalue weighted by Crippen LogP contribution is -2.28. The maximum atomic E-state index is 4.83. The summed E-state index contributed by atoms with van der Waals surface area (Å²) in [5.41, 5.74) is 3.53. The van der Waals surface area contributed by atoms with Gasteiger partial charge in [-0.25, -0.2) is 14.5 Å². The lowest BCUT2D eigenvalue weighted by Gasteiger charge is -2.36. The van der Waals surface area contributed by atoms with Gasteiger partial charge in [-0.3, -0.25) is 4.68 Å². The average Bonchev–Trinajstić information content (AvgIpc) is 3.35. The predicted molar refractivity (Wildman–Crippen MR) is 108 cm³/mol. The Hall–Kier alpha value is -2.28. The molecule has 6 nitrogen and oxygen atoms in total. The number of hydrogen-bond acceptors (Lipinski definition) is 5. The number of aromatic nitrogens is 6. The highest BCUT2D eigenvalue weighted by molar-refractivity contribution is 7.19. The number of fused-ring (bicyclic) bond motifs is 5. The molecule has 0 N–H and O–H groups in total. The van der Waals surface area contributed by atoms with E-state index in [9.17, 15) is 0 Å². The Labute approximate surface area is 162 Å². The van der Waals surface area contributed by atoms with Crippen molar-refractivity contribution < 1.29 is 0 Å². The molecule has 1 unspecified atom stereocenters. The summed E-state index contributed by atoms with van der Waals surface area (Å²) in [6.45, 7) is 7.12. The van der Waals surface area contributed by atoms with Crippen LogP contribution in [0.25, 0.3) is 27.4 Å². The molecular formula is C20H24N6S. The van der Waals surface area contributed by atoms with Crippen LogP contribution in [0.5, 0.6) is 0 Å². The van der Waals surface area contributed by atoms with Crippen LogP contribution in [0.4, 0.5) is 0 Å². The fraction of sp³-hybridized carbons (Fsp3) is 0.500. The molecule has 140 valence electrons. The summed E-state index contributed by atoms with van der Waals surface area (Å²) in [7, 11) is 1.91. The fourth-order valence-corrected chi connectivity index (χ4v) is 5.43. The molecule has 27 heavy (non-hydrogen) atoms. The summed E-state index contributed by atoms with van der Waals surface area (Å²) >= 11 is 1.84. The molecule has 4 aromatic rings. The van der Waals surface area contributed by atoms with Crippen molar-refractivity contribution in [1.29, 1.82) is 0 Å². The molecule has 7 heteroatoms. The number of thiophene rings is 1. The van der Waals surface area contributed by atoms with Crippen LogP contribution < -0.4 is 0 Å². The molecule has 0 aromatic carbocycles. The van der Waals surface area contributed by atoms with Crippen LogP contribution in [0.1, 0.15) is 44.1 Å². The van der Waals surface area contributed by atoms with E-state index in [1.807, 2.05) is 30.6 Å². The third kappa shape index (κ3) is 2.59. The van der Waals surface area contributed by atoms with Crippen molar-refractivity contribution >= 4 is 27.2 Å². The van der Waals surface area contributed by atoms with Crippen LogP contribution in [0.3, 0.4) is 0 Å². The summed E-state index contributed by atoms with van der Waals surface area (Å²) < 4.78 is 3.58.